The summed E-state index contributed by atoms with van der Waals surface area (Å²) in [4.78, 5) is 24.3. The number of fused-ring (bicyclic) bond motifs is 1. The molecule has 3 rings (SSSR count). The lowest BCUT2D eigenvalue weighted by atomic mass is 10.0. The number of nitriles is 1. The van der Waals surface area contributed by atoms with Gasteiger partial charge in [0.15, 0.2) is 29.6 Å². The number of amides is 1. The summed E-state index contributed by atoms with van der Waals surface area (Å²) in [7, 11) is 1.46. The number of Topliss-reactive ketones (excluding diaryl/α,β-unsaturated/α-hetero) is 1. The van der Waals surface area contributed by atoms with E-state index in [-0.39, 0.29) is 24.9 Å². The van der Waals surface area contributed by atoms with Crippen molar-refractivity contribution in [3.05, 3.63) is 53.1 Å². The van der Waals surface area contributed by atoms with E-state index >= 15 is 0 Å². The number of allylic oxidation sites excluding steroid dienone is 1. The summed E-state index contributed by atoms with van der Waals surface area (Å²) < 4.78 is 21.3. The van der Waals surface area contributed by atoms with Crippen molar-refractivity contribution in [2.75, 3.05) is 27.1 Å². The molecular formula is C22H20N2O6. The number of benzene rings is 2. The third-order valence-electron chi connectivity index (χ3n) is 4.23. The van der Waals surface area contributed by atoms with Gasteiger partial charge in [-0.15, -0.1) is 0 Å². The lowest BCUT2D eigenvalue weighted by Gasteiger charge is -2.11. The van der Waals surface area contributed by atoms with Crippen LogP contribution in [0.25, 0.3) is 6.08 Å². The molecule has 1 amide bonds. The quantitative estimate of drug-likeness (QED) is 0.407. The Labute approximate surface area is 173 Å². The Morgan fingerprint density at radius 2 is 1.97 bits per heavy atom. The van der Waals surface area contributed by atoms with Gasteiger partial charge in [0.2, 0.25) is 12.6 Å². The molecule has 0 radical (unpaired) electrons. The molecule has 0 aliphatic carbocycles. The third kappa shape index (κ3) is 4.70. The van der Waals surface area contributed by atoms with E-state index < -0.39 is 5.78 Å². The van der Waals surface area contributed by atoms with Gasteiger partial charge >= 0.3 is 0 Å². The largest absolute Gasteiger partial charge is 0.493 e. The van der Waals surface area contributed by atoms with Gasteiger partial charge in [0, 0.05) is 12.1 Å². The molecule has 2 aromatic carbocycles. The maximum Gasteiger partial charge on any atom is 0.257 e. The highest BCUT2D eigenvalue weighted by Crippen LogP contribution is 2.33. The minimum atomic E-state index is -0.439. The number of nitrogens with zero attached hydrogens (tertiary/aromatic N) is 1. The number of carbonyl (C=O) groups is 2. The van der Waals surface area contributed by atoms with Crippen molar-refractivity contribution >= 4 is 17.8 Å². The van der Waals surface area contributed by atoms with Gasteiger partial charge in [0.05, 0.1) is 7.11 Å². The minimum Gasteiger partial charge on any atom is -0.493 e. The highest BCUT2D eigenvalue weighted by molar-refractivity contribution is 6.14. The molecule has 0 saturated heterocycles. The van der Waals surface area contributed by atoms with Crippen LogP contribution >= 0.6 is 0 Å². The van der Waals surface area contributed by atoms with Crippen molar-refractivity contribution in [1.82, 2.24) is 5.32 Å². The summed E-state index contributed by atoms with van der Waals surface area (Å²) >= 11 is 0. The van der Waals surface area contributed by atoms with Crippen LogP contribution in [0.2, 0.25) is 0 Å². The average molecular weight is 408 g/mol. The van der Waals surface area contributed by atoms with Gasteiger partial charge in [-0.25, -0.2) is 0 Å². The lowest BCUT2D eigenvalue weighted by Crippen LogP contribution is -2.28. The number of methoxy groups -OCH3 is 1. The first-order valence-corrected chi connectivity index (χ1v) is 9.19. The Bertz CT molecular complexity index is 1040. The number of likely N-dealkylation sites (N-methyl/N-ethyl adjacent to an activating group) is 1. The van der Waals surface area contributed by atoms with E-state index in [0.29, 0.717) is 40.7 Å². The smallest absolute Gasteiger partial charge is 0.257 e. The van der Waals surface area contributed by atoms with Crippen molar-refractivity contribution in [2.24, 2.45) is 0 Å². The summed E-state index contributed by atoms with van der Waals surface area (Å²) in [5.41, 5.74) is 0.843. The van der Waals surface area contributed by atoms with Crippen LogP contribution in [0.5, 0.6) is 23.0 Å². The maximum absolute atomic E-state index is 12.8. The van der Waals surface area contributed by atoms with Crippen molar-refractivity contribution < 1.29 is 28.5 Å². The molecular weight excluding hydrogens is 388 g/mol. The second-order valence-corrected chi connectivity index (χ2v) is 6.22. The zero-order valence-corrected chi connectivity index (χ0v) is 16.6. The molecule has 154 valence electrons. The van der Waals surface area contributed by atoms with E-state index in [1.807, 2.05) is 13.0 Å². The summed E-state index contributed by atoms with van der Waals surface area (Å²) in [5, 5.41) is 12.1. The van der Waals surface area contributed by atoms with Crippen molar-refractivity contribution in [1.29, 1.82) is 5.26 Å². The first-order valence-electron chi connectivity index (χ1n) is 9.19. The Hall–Kier alpha value is -3.99. The fourth-order valence-electron chi connectivity index (χ4n) is 2.79. The average Bonchev–Trinajstić information content (AvgIpc) is 3.24. The molecule has 1 N–H and O–H groups in total. The number of ether oxygens (including phenoxy) is 4. The van der Waals surface area contributed by atoms with Crippen LogP contribution in [-0.4, -0.2) is 38.7 Å². The topological polar surface area (TPSA) is 107 Å². The summed E-state index contributed by atoms with van der Waals surface area (Å²) in [6, 6.07) is 11.6. The lowest BCUT2D eigenvalue weighted by molar-refractivity contribution is -0.123. The van der Waals surface area contributed by atoms with E-state index in [0.717, 1.165) is 0 Å². The number of nitrogens with one attached hydrogen (secondary N) is 1. The SMILES string of the molecule is CCNC(=O)COc1ccc(/C=C(\C#N)C(=O)c2ccc3c(c2)OCO3)cc1OC. The van der Waals surface area contributed by atoms with E-state index in [9.17, 15) is 14.9 Å². The number of hydrogen-bond donors (Lipinski definition) is 1. The molecule has 0 saturated carbocycles. The summed E-state index contributed by atoms with van der Waals surface area (Å²) in [5.74, 6) is 1.09. The fourth-order valence-corrected chi connectivity index (χ4v) is 2.79. The molecule has 8 heteroatoms. The molecule has 0 spiro atoms. The molecule has 0 fully saturated rings. The van der Waals surface area contributed by atoms with Gasteiger partial charge in [-0.05, 0) is 48.9 Å². The van der Waals surface area contributed by atoms with Crippen molar-refractivity contribution in [3.63, 3.8) is 0 Å². The number of rotatable bonds is 8. The van der Waals surface area contributed by atoms with Crippen LogP contribution < -0.4 is 24.3 Å². The second kappa shape index (κ2) is 9.47. The first-order chi connectivity index (χ1) is 14.5. The zero-order valence-electron chi connectivity index (χ0n) is 16.6. The van der Waals surface area contributed by atoms with Crippen molar-refractivity contribution in [2.45, 2.75) is 6.92 Å². The maximum atomic E-state index is 12.8. The van der Waals surface area contributed by atoms with Crippen molar-refractivity contribution in [3.8, 4) is 29.1 Å². The molecule has 0 aromatic heterocycles. The third-order valence-corrected chi connectivity index (χ3v) is 4.23. The predicted octanol–water partition coefficient (Wildman–Crippen LogP) is 2.73. The molecule has 30 heavy (non-hydrogen) atoms. The Morgan fingerprint density at radius 3 is 2.70 bits per heavy atom. The molecule has 2 aromatic rings. The van der Waals surface area contributed by atoms with Crippen LogP contribution in [-0.2, 0) is 4.79 Å². The van der Waals surface area contributed by atoms with Gasteiger partial charge in [0.1, 0.15) is 11.6 Å². The van der Waals surface area contributed by atoms with E-state index in [1.54, 1.807) is 36.4 Å². The molecule has 0 unspecified atom stereocenters. The van der Waals surface area contributed by atoms with Crippen LogP contribution in [0.4, 0.5) is 0 Å². The van der Waals surface area contributed by atoms with Gasteiger partial charge in [-0.2, -0.15) is 5.26 Å². The predicted molar refractivity (Wildman–Crippen MR) is 108 cm³/mol. The highest BCUT2D eigenvalue weighted by Gasteiger charge is 2.19. The molecule has 1 aliphatic rings. The normalized spacial score (nSPS) is 12.1. The van der Waals surface area contributed by atoms with Crippen LogP contribution in [0, 0.1) is 11.3 Å². The van der Waals surface area contributed by atoms with Gasteiger partial charge in [-0.3, -0.25) is 9.59 Å². The first kappa shape index (κ1) is 20.7. The van der Waals surface area contributed by atoms with Crippen LogP contribution in [0.3, 0.4) is 0 Å². The molecule has 1 aliphatic heterocycles. The highest BCUT2D eigenvalue weighted by atomic mass is 16.7. The van der Waals surface area contributed by atoms with Gasteiger partial charge in [-0.1, -0.05) is 6.07 Å². The minimum absolute atomic E-state index is 0.0492. The number of hydrogen-bond acceptors (Lipinski definition) is 7. The van der Waals surface area contributed by atoms with Crippen LogP contribution in [0.15, 0.2) is 42.0 Å². The number of carbonyl (C=O) groups excluding carboxylic acids is 2. The van der Waals surface area contributed by atoms with Gasteiger partial charge in [0.25, 0.3) is 5.91 Å². The Balaban J connectivity index is 1.80. The Morgan fingerprint density at radius 1 is 1.17 bits per heavy atom. The molecule has 0 atom stereocenters. The van der Waals surface area contributed by atoms with Crippen LogP contribution in [0.1, 0.15) is 22.8 Å². The monoisotopic (exact) mass is 408 g/mol. The van der Waals surface area contributed by atoms with Gasteiger partial charge < -0.3 is 24.3 Å². The zero-order chi connectivity index (χ0) is 21.5. The van der Waals surface area contributed by atoms with E-state index in [1.165, 1.54) is 13.2 Å². The number of ketones is 1. The molecule has 0 bridgehead atoms. The summed E-state index contributed by atoms with van der Waals surface area (Å²) in [6.07, 6.45) is 1.46. The standard InChI is InChI=1S/C22H20N2O6/c1-3-24-21(25)12-28-17-6-4-14(9-19(17)27-2)8-16(11-23)22(26)15-5-7-18-20(10-15)30-13-29-18/h4-10H,3,12-13H2,1-2H3,(H,24,25)/b16-8+. The van der Waals surface area contributed by atoms with E-state index in [4.69, 9.17) is 18.9 Å². The summed E-state index contributed by atoms with van der Waals surface area (Å²) in [6.45, 7) is 2.28. The van der Waals surface area contributed by atoms with E-state index in [2.05, 4.69) is 5.32 Å². The fraction of sp³-hybridized carbons (Fsp3) is 0.227. The molecule has 8 nitrogen and oxygen atoms in total. The Kier molecular flexibility index (Phi) is 6.55. The molecule has 1 heterocycles. The second-order valence-electron chi connectivity index (χ2n) is 6.22.